The number of carbonyl (C=O) groups is 2. The summed E-state index contributed by atoms with van der Waals surface area (Å²) in [4.78, 5) is 30.3. The summed E-state index contributed by atoms with van der Waals surface area (Å²) in [5.74, 6) is -3.93. The summed E-state index contributed by atoms with van der Waals surface area (Å²) in [6.45, 7) is -1.31. The number of hydrogen-bond donors (Lipinski definition) is 1. The molecule has 1 fully saturated rings. The van der Waals surface area contributed by atoms with Crippen molar-refractivity contribution in [2.75, 3.05) is 13.1 Å². The molecule has 2 aromatic rings. The molecule has 0 spiro atoms. The topological polar surface area (TPSA) is 86.1 Å². The molecule has 1 saturated heterocycles. The van der Waals surface area contributed by atoms with E-state index in [1.807, 2.05) is 6.07 Å². The van der Waals surface area contributed by atoms with Crippen LogP contribution >= 0.6 is 46.3 Å². The van der Waals surface area contributed by atoms with Crippen LogP contribution < -0.4 is 5.32 Å². The van der Waals surface area contributed by atoms with Gasteiger partial charge in [0, 0.05) is 16.7 Å². The zero-order chi connectivity index (χ0) is 21.9. The Hall–Kier alpha value is -1.93. The van der Waals surface area contributed by atoms with Gasteiger partial charge in [-0.05, 0) is 18.2 Å². The van der Waals surface area contributed by atoms with Crippen LogP contribution in [0.15, 0.2) is 28.5 Å². The molecule has 0 unspecified atom stereocenters. The van der Waals surface area contributed by atoms with E-state index < -0.39 is 43.3 Å². The minimum Gasteiger partial charge on any atom is -0.342 e. The Morgan fingerprint density at radius 1 is 1.40 bits per heavy atom. The quantitative estimate of drug-likeness (QED) is 0.612. The fraction of sp³-hybridized carbons (Fsp3) is 0.333. The van der Waals surface area contributed by atoms with Crippen molar-refractivity contribution < 1.29 is 18.4 Å². The summed E-state index contributed by atoms with van der Waals surface area (Å²) in [7, 11) is 0. The molecule has 2 heterocycles. The van der Waals surface area contributed by atoms with Crippen molar-refractivity contribution in [2.24, 2.45) is 0 Å². The number of rotatable bonds is 6. The highest BCUT2D eigenvalue weighted by Crippen LogP contribution is 2.32. The average molecular weight is 491 g/mol. The highest BCUT2D eigenvalue weighted by molar-refractivity contribution is 7.98. The highest BCUT2D eigenvalue weighted by Gasteiger charge is 2.47. The monoisotopic (exact) mass is 490 g/mol. The summed E-state index contributed by atoms with van der Waals surface area (Å²) >= 11 is 14.6. The smallest absolute Gasteiger partial charge is 0.271 e. The summed E-state index contributed by atoms with van der Waals surface area (Å²) in [5.41, 5.74) is 0.126. The number of halogens is 4. The molecule has 12 heteroatoms. The number of alkyl halides is 2. The van der Waals surface area contributed by atoms with Gasteiger partial charge in [-0.3, -0.25) is 9.59 Å². The lowest BCUT2D eigenvalue weighted by molar-refractivity contribution is -0.131. The molecule has 158 valence electrons. The molecule has 1 N–H and O–H groups in total. The minimum atomic E-state index is -3.10. The van der Waals surface area contributed by atoms with Crippen LogP contribution in [-0.2, 0) is 10.5 Å². The third-order valence-corrected chi connectivity index (χ3v) is 6.95. The fourth-order valence-corrected chi connectivity index (χ4v) is 4.83. The molecular formula is C18H14Cl2F2N4O2S2. The number of nitrogens with one attached hydrogen (secondary N) is 1. The maximum Gasteiger partial charge on any atom is 0.271 e. The van der Waals surface area contributed by atoms with Crippen molar-refractivity contribution in [3.63, 3.8) is 0 Å². The Morgan fingerprint density at radius 3 is 2.87 bits per heavy atom. The molecule has 3 rings (SSSR count). The van der Waals surface area contributed by atoms with Crippen molar-refractivity contribution in [1.82, 2.24) is 15.2 Å². The van der Waals surface area contributed by atoms with Gasteiger partial charge in [0.1, 0.15) is 16.7 Å². The number of aromatic nitrogens is 1. The molecule has 2 amide bonds. The van der Waals surface area contributed by atoms with E-state index in [-0.39, 0.29) is 5.69 Å². The van der Waals surface area contributed by atoms with Gasteiger partial charge in [-0.25, -0.2) is 13.8 Å². The zero-order valence-corrected chi connectivity index (χ0v) is 18.3. The van der Waals surface area contributed by atoms with Crippen molar-refractivity contribution >= 4 is 58.1 Å². The van der Waals surface area contributed by atoms with Crippen molar-refractivity contribution in [3.05, 3.63) is 44.3 Å². The van der Waals surface area contributed by atoms with Crippen LogP contribution in [0.25, 0.3) is 0 Å². The molecule has 30 heavy (non-hydrogen) atoms. The summed E-state index contributed by atoms with van der Waals surface area (Å²) in [5, 5.41) is 14.5. The Morgan fingerprint density at radius 2 is 2.17 bits per heavy atom. The Kier molecular flexibility index (Phi) is 7.18. The van der Waals surface area contributed by atoms with Gasteiger partial charge in [0.2, 0.25) is 5.91 Å². The second kappa shape index (κ2) is 9.47. The lowest BCUT2D eigenvalue weighted by atomic mass is 10.2. The summed E-state index contributed by atoms with van der Waals surface area (Å²) in [6.07, 6.45) is -0.699. The van der Waals surface area contributed by atoms with E-state index in [0.717, 1.165) is 9.80 Å². The molecule has 1 aliphatic heterocycles. The van der Waals surface area contributed by atoms with Gasteiger partial charge in [-0.1, -0.05) is 23.2 Å². The molecule has 1 aromatic heterocycles. The van der Waals surface area contributed by atoms with Gasteiger partial charge >= 0.3 is 0 Å². The number of thioether (sulfide) groups is 1. The number of hydrogen-bond acceptors (Lipinski definition) is 6. The second-order valence-electron chi connectivity index (χ2n) is 6.40. The van der Waals surface area contributed by atoms with Gasteiger partial charge in [-0.15, -0.1) is 23.1 Å². The number of benzene rings is 1. The largest absolute Gasteiger partial charge is 0.342 e. The van der Waals surface area contributed by atoms with E-state index in [9.17, 15) is 18.4 Å². The first kappa shape index (κ1) is 22.7. The van der Waals surface area contributed by atoms with Crippen LogP contribution in [-0.4, -0.2) is 46.8 Å². The first-order chi connectivity index (χ1) is 14.2. The van der Waals surface area contributed by atoms with E-state index in [0.29, 0.717) is 20.8 Å². The maximum atomic E-state index is 13.4. The molecule has 1 atom stereocenters. The SMILES string of the molecule is N#C[C@@H]1CC(F)(F)CN1C(=O)CNC(=O)c1csc(CSc2ccc(Cl)c(Cl)c2)n1. The lowest BCUT2D eigenvalue weighted by Gasteiger charge is -2.19. The van der Waals surface area contributed by atoms with Crippen LogP contribution in [0.3, 0.4) is 0 Å². The minimum absolute atomic E-state index is 0.126. The normalized spacial score (nSPS) is 17.6. The van der Waals surface area contributed by atoms with Crippen molar-refractivity contribution in [1.29, 1.82) is 5.26 Å². The molecule has 0 saturated carbocycles. The Labute approximate surface area is 189 Å². The predicted molar refractivity (Wildman–Crippen MR) is 111 cm³/mol. The molecule has 0 radical (unpaired) electrons. The van der Waals surface area contributed by atoms with E-state index in [2.05, 4.69) is 10.3 Å². The molecule has 1 aliphatic rings. The summed E-state index contributed by atoms with van der Waals surface area (Å²) in [6, 6.07) is 5.74. The first-order valence-electron chi connectivity index (χ1n) is 8.56. The Bertz CT molecular complexity index is 1010. The summed E-state index contributed by atoms with van der Waals surface area (Å²) < 4.78 is 26.9. The number of nitrogens with zero attached hydrogens (tertiary/aromatic N) is 3. The lowest BCUT2D eigenvalue weighted by Crippen LogP contribution is -2.43. The number of thiazole rings is 1. The van der Waals surface area contributed by atoms with Gasteiger partial charge in [0.05, 0.1) is 35.0 Å². The predicted octanol–water partition coefficient (Wildman–Crippen LogP) is 4.23. The zero-order valence-electron chi connectivity index (χ0n) is 15.2. The third kappa shape index (κ3) is 5.60. The van der Waals surface area contributed by atoms with E-state index >= 15 is 0 Å². The molecule has 6 nitrogen and oxygen atoms in total. The Balaban J connectivity index is 1.52. The van der Waals surface area contributed by atoms with Crippen molar-refractivity contribution in [3.8, 4) is 6.07 Å². The van der Waals surface area contributed by atoms with Crippen LogP contribution in [0.4, 0.5) is 8.78 Å². The number of carbonyl (C=O) groups excluding carboxylic acids is 2. The van der Waals surface area contributed by atoms with E-state index in [1.165, 1.54) is 23.1 Å². The standard InChI is InChI=1S/C18H14Cl2F2N4O2S2/c19-12-2-1-11(3-13(12)20)29-8-15-25-14(7-30-15)17(28)24-6-16(27)26-9-18(21,22)4-10(26)5-23/h1-3,7,10H,4,6,8-9H2,(H,24,28)/t10-/m0/s1. The molecule has 1 aromatic carbocycles. The van der Waals surface area contributed by atoms with Crippen LogP contribution in [0.2, 0.25) is 10.0 Å². The van der Waals surface area contributed by atoms with Crippen LogP contribution in [0.5, 0.6) is 0 Å². The molecule has 0 bridgehead atoms. The van der Waals surface area contributed by atoms with Gasteiger partial charge in [0.25, 0.3) is 11.8 Å². The van der Waals surface area contributed by atoms with Gasteiger partial charge in [-0.2, -0.15) is 5.26 Å². The van der Waals surface area contributed by atoms with E-state index in [4.69, 9.17) is 28.5 Å². The molecular weight excluding hydrogens is 477 g/mol. The van der Waals surface area contributed by atoms with Crippen LogP contribution in [0, 0.1) is 11.3 Å². The third-order valence-electron chi connectivity index (χ3n) is 4.18. The molecule has 0 aliphatic carbocycles. The second-order valence-corrected chi connectivity index (χ2v) is 9.21. The highest BCUT2D eigenvalue weighted by atomic mass is 35.5. The fourth-order valence-electron chi connectivity index (χ4n) is 2.74. The number of likely N-dealkylation sites (tertiary alicyclic amines) is 1. The van der Waals surface area contributed by atoms with Gasteiger partial charge < -0.3 is 10.2 Å². The first-order valence-corrected chi connectivity index (χ1v) is 11.2. The van der Waals surface area contributed by atoms with Crippen LogP contribution in [0.1, 0.15) is 21.9 Å². The maximum absolute atomic E-state index is 13.4. The number of amides is 2. The van der Waals surface area contributed by atoms with Gasteiger partial charge in [0.15, 0.2) is 0 Å². The average Bonchev–Trinajstić information content (AvgIpc) is 3.30. The number of nitriles is 1. The van der Waals surface area contributed by atoms with E-state index in [1.54, 1.807) is 23.6 Å². The van der Waals surface area contributed by atoms with Crippen molar-refractivity contribution in [2.45, 2.75) is 29.0 Å².